The van der Waals surface area contributed by atoms with Crippen molar-refractivity contribution in [2.24, 2.45) is 0 Å². The Hall–Kier alpha value is -1.83. The number of nitrogens with zero attached hydrogens (tertiary/aromatic N) is 2. The molecule has 1 aliphatic heterocycles. The van der Waals surface area contributed by atoms with Crippen molar-refractivity contribution in [3.63, 3.8) is 0 Å². The van der Waals surface area contributed by atoms with E-state index in [4.69, 9.17) is 4.74 Å². The Morgan fingerprint density at radius 1 is 1.13 bits per heavy atom. The fourth-order valence-corrected chi connectivity index (χ4v) is 3.25. The summed E-state index contributed by atoms with van der Waals surface area (Å²) in [7, 11) is 0. The van der Waals surface area contributed by atoms with Crippen LogP contribution in [-0.2, 0) is 6.18 Å². The SMILES string of the molecule is Fc1ccc(OC2CCN(c3ncc(C(F)(F)F)s3)CC2)cc1. The van der Waals surface area contributed by atoms with Gasteiger partial charge in [-0.1, -0.05) is 11.3 Å². The third-order valence-electron chi connectivity index (χ3n) is 3.60. The van der Waals surface area contributed by atoms with E-state index in [2.05, 4.69) is 4.98 Å². The second kappa shape index (κ2) is 6.35. The molecule has 0 radical (unpaired) electrons. The number of alkyl halides is 3. The van der Waals surface area contributed by atoms with Crippen molar-refractivity contribution < 1.29 is 22.3 Å². The molecule has 0 atom stereocenters. The maximum atomic E-state index is 12.8. The Morgan fingerprint density at radius 3 is 2.35 bits per heavy atom. The summed E-state index contributed by atoms with van der Waals surface area (Å²) in [6.07, 6.45) is -2.14. The van der Waals surface area contributed by atoms with E-state index in [1.54, 1.807) is 12.1 Å². The predicted molar refractivity (Wildman–Crippen MR) is 79.4 cm³/mol. The largest absolute Gasteiger partial charge is 0.490 e. The average Bonchev–Trinajstić information content (AvgIpc) is 3.00. The first-order chi connectivity index (χ1) is 10.9. The van der Waals surface area contributed by atoms with Crippen LogP contribution in [0.15, 0.2) is 30.5 Å². The lowest BCUT2D eigenvalue weighted by Crippen LogP contribution is -2.38. The van der Waals surface area contributed by atoms with Gasteiger partial charge in [0.2, 0.25) is 0 Å². The van der Waals surface area contributed by atoms with E-state index in [0.29, 0.717) is 48.1 Å². The highest BCUT2D eigenvalue weighted by molar-refractivity contribution is 7.15. The molecule has 3 rings (SSSR count). The number of benzene rings is 1. The van der Waals surface area contributed by atoms with Gasteiger partial charge in [0.15, 0.2) is 5.13 Å². The standard InChI is InChI=1S/C15H14F4N2OS/c16-10-1-3-11(4-2-10)22-12-5-7-21(8-6-12)14-20-9-13(23-14)15(17,18)19/h1-4,9,12H,5-8H2. The van der Waals surface area contributed by atoms with Crippen LogP contribution in [0.4, 0.5) is 22.7 Å². The molecule has 1 saturated heterocycles. The quantitative estimate of drug-likeness (QED) is 0.773. The number of halogens is 4. The first-order valence-corrected chi connectivity index (χ1v) is 7.93. The van der Waals surface area contributed by atoms with E-state index in [1.807, 2.05) is 4.90 Å². The van der Waals surface area contributed by atoms with Crippen LogP contribution in [0.2, 0.25) is 0 Å². The number of ether oxygens (including phenoxy) is 1. The normalized spacial score (nSPS) is 16.6. The van der Waals surface area contributed by atoms with Gasteiger partial charge in [-0.3, -0.25) is 0 Å². The highest BCUT2D eigenvalue weighted by Gasteiger charge is 2.34. The molecule has 0 saturated carbocycles. The summed E-state index contributed by atoms with van der Waals surface area (Å²) in [6.45, 7) is 1.16. The zero-order valence-electron chi connectivity index (χ0n) is 12.0. The smallest absolute Gasteiger partial charge is 0.427 e. The van der Waals surface area contributed by atoms with Crippen molar-refractivity contribution in [1.82, 2.24) is 4.98 Å². The van der Waals surface area contributed by atoms with Crippen molar-refractivity contribution in [3.8, 4) is 5.75 Å². The molecule has 0 unspecified atom stereocenters. The molecule has 3 nitrogen and oxygen atoms in total. The summed E-state index contributed by atoms with van der Waals surface area (Å²) in [4.78, 5) is 5.02. The minimum Gasteiger partial charge on any atom is -0.490 e. The van der Waals surface area contributed by atoms with Crippen LogP contribution < -0.4 is 9.64 Å². The number of hydrogen-bond acceptors (Lipinski definition) is 4. The third-order valence-corrected chi connectivity index (χ3v) is 4.70. The van der Waals surface area contributed by atoms with E-state index >= 15 is 0 Å². The minimum absolute atomic E-state index is 0.0289. The first-order valence-electron chi connectivity index (χ1n) is 7.12. The lowest BCUT2D eigenvalue weighted by molar-refractivity contribution is -0.134. The molecule has 1 aromatic heterocycles. The van der Waals surface area contributed by atoms with E-state index in [0.717, 1.165) is 6.20 Å². The Labute approximate surface area is 134 Å². The van der Waals surface area contributed by atoms with Gasteiger partial charge in [-0.2, -0.15) is 13.2 Å². The molecule has 0 aliphatic carbocycles. The zero-order valence-corrected chi connectivity index (χ0v) is 12.8. The second-order valence-electron chi connectivity index (χ2n) is 5.26. The topological polar surface area (TPSA) is 25.4 Å². The van der Waals surface area contributed by atoms with Gasteiger partial charge in [-0.25, -0.2) is 9.37 Å². The molecule has 1 fully saturated rings. The maximum absolute atomic E-state index is 12.8. The van der Waals surface area contributed by atoms with Crippen LogP contribution in [0.5, 0.6) is 5.75 Å². The predicted octanol–water partition coefficient (Wildman–Crippen LogP) is 4.35. The summed E-state index contributed by atoms with van der Waals surface area (Å²) in [5, 5.41) is 0.387. The summed E-state index contributed by atoms with van der Waals surface area (Å²) in [5.41, 5.74) is 0. The number of hydrogen-bond donors (Lipinski definition) is 0. The van der Waals surface area contributed by atoms with Crippen LogP contribution in [0, 0.1) is 5.82 Å². The molecular weight excluding hydrogens is 332 g/mol. The van der Waals surface area contributed by atoms with Crippen LogP contribution in [0.3, 0.4) is 0 Å². The molecule has 8 heteroatoms. The highest BCUT2D eigenvalue weighted by Crippen LogP contribution is 2.37. The van der Waals surface area contributed by atoms with E-state index in [1.165, 1.54) is 12.1 Å². The molecule has 1 aromatic carbocycles. The molecule has 1 aliphatic rings. The van der Waals surface area contributed by atoms with E-state index < -0.39 is 11.1 Å². The number of thiazole rings is 1. The molecule has 2 aromatic rings. The van der Waals surface area contributed by atoms with Crippen LogP contribution in [0.1, 0.15) is 17.7 Å². The molecule has 23 heavy (non-hydrogen) atoms. The minimum atomic E-state index is -4.35. The Kier molecular flexibility index (Phi) is 4.43. The fourth-order valence-electron chi connectivity index (χ4n) is 2.41. The molecule has 124 valence electrons. The molecule has 0 N–H and O–H groups in total. The molecule has 0 amide bonds. The van der Waals surface area contributed by atoms with E-state index in [-0.39, 0.29) is 11.9 Å². The van der Waals surface area contributed by atoms with Crippen molar-refractivity contribution in [2.45, 2.75) is 25.1 Å². The van der Waals surface area contributed by atoms with Gasteiger partial charge in [0.1, 0.15) is 22.5 Å². The number of aromatic nitrogens is 1. The summed E-state index contributed by atoms with van der Waals surface area (Å²) in [6, 6.07) is 5.80. The molecular formula is C15H14F4N2OS. The summed E-state index contributed by atoms with van der Waals surface area (Å²) >= 11 is 0.660. The number of anilines is 1. The highest BCUT2D eigenvalue weighted by atomic mass is 32.1. The maximum Gasteiger partial charge on any atom is 0.427 e. The number of piperidine rings is 1. The summed E-state index contributed by atoms with van der Waals surface area (Å²) < 4.78 is 56.4. The average molecular weight is 346 g/mol. The molecule has 0 spiro atoms. The Bertz CT molecular complexity index is 648. The molecule has 2 heterocycles. The van der Waals surface area contributed by atoms with Crippen LogP contribution in [0.25, 0.3) is 0 Å². The van der Waals surface area contributed by atoms with Gasteiger partial charge in [0.25, 0.3) is 0 Å². The Balaban J connectivity index is 1.56. The Morgan fingerprint density at radius 2 is 1.78 bits per heavy atom. The van der Waals surface area contributed by atoms with Crippen molar-refractivity contribution in [1.29, 1.82) is 0 Å². The monoisotopic (exact) mass is 346 g/mol. The molecule has 0 bridgehead atoms. The summed E-state index contributed by atoms with van der Waals surface area (Å²) in [5.74, 6) is 0.273. The van der Waals surface area contributed by atoms with Gasteiger partial charge in [-0.15, -0.1) is 0 Å². The van der Waals surface area contributed by atoms with Crippen LogP contribution >= 0.6 is 11.3 Å². The second-order valence-corrected chi connectivity index (χ2v) is 6.27. The first kappa shape index (κ1) is 16.0. The van der Waals surface area contributed by atoms with Gasteiger partial charge >= 0.3 is 6.18 Å². The third kappa shape index (κ3) is 3.93. The van der Waals surface area contributed by atoms with E-state index in [9.17, 15) is 17.6 Å². The van der Waals surface area contributed by atoms with Crippen LogP contribution in [-0.4, -0.2) is 24.2 Å². The van der Waals surface area contributed by atoms with Crippen molar-refractivity contribution in [3.05, 3.63) is 41.2 Å². The van der Waals surface area contributed by atoms with Gasteiger partial charge < -0.3 is 9.64 Å². The van der Waals surface area contributed by atoms with Crippen molar-refractivity contribution in [2.75, 3.05) is 18.0 Å². The number of rotatable bonds is 3. The van der Waals surface area contributed by atoms with Crippen molar-refractivity contribution >= 4 is 16.5 Å². The zero-order chi connectivity index (χ0) is 16.4. The lowest BCUT2D eigenvalue weighted by atomic mass is 10.1. The van der Waals surface area contributed by atoms with Gasteiger partial charge in [0, 0.05) is 25.9 Å². The fraction of sp³-hybridized carbons (Fsp3) is 0.400. The van der Waals surface area contributed by atoms with Gasteiger partial charge in [-0.05, 0) is 24.3 Å². The van der Waals surface area contributed by atoms with Gasteiger partial charge in [0.05, 0.1) is 6.20 Å². The lowest BCUT2D eigenvalue weighted by Gasteiger charge is -2.31.